The van der Waals surface area contributed by atoms with Crippen LogP contribution >= 0.6 is 0 Å². The van der Waals surface area contributed by atoms with Crippen LogP contribution in [0.1, 0.15) is 129 Å². The van der Waals surface area contributed by atoms with E-state index < -0.39 is 11.9 Å². The molecule has 5 nitrogen and oxygen atoms in total. The lowest BCUT2D eigenvalue weighted by molar-refractivity contribution is -0.143. The third-order valence-corrected chi connectivity index (χ3v) is 5.24. The van der Waals surface area contributed by atoms with E-state index in [1.165, 1.54) is 103 Å². The molecule has 0 amide bonds. The van der Waals surface area contributed by atoms with Crippen molar-refractivity contribution in [3.8, 4) is 0 Å². The lowest BCUT2D eigenvalue weighted by Gasteiger charge is -2.13. The fourth-order valence-electron chi connectivity index (χ4n) is 3.32. The minimum absolute atomic E-state index is 0.296. The molecule has 1 unspecified atom stereocenters. The fourth-order valence-corrected chi connectivity index (χ4v) is 3.32. The van der Waals surface area contributed by atoms with Crippen LogP contribution in [0.2, 0.25) is 0 Å². The van der Waals surface area contributed by atoms with Gasteiger partial charge in [-0.15, -0.1) is 0 Å². The van der Waals surface area contributed by atoms with Crippen molar-refractivity contribution < 1.29 is 24.9 Å². The van der Waals surface area contributed by atoms with Gasteiger partial charge in [0, 0.05) is 6.61 Å². The monoisotopic (exact) mass is 416 g/mol. The highest BCUT2D eigenvalue weighted by Crippen LogP contribution is 2.19. The van der Waals surface area contributed by atoms with E-state index in [9.17, 15) is 14.7 Å². The molecule has 3 N–H and O–H groups in total. The zero-order chi connectivity index (χ0) is 22.2. The third-order valence-electron chi connectivity index (χ3n) is 5.24. The molecule has 0 aliphatic heterocycles. The molecule has 0 bridgehead atoms. The highest BCUT2D eigenvalue weighted by atomic mass is 16.4. The minimum atomic E-state index is -1.08. The van der Waals surface area contributed by atoms with Gasteiger partial charge in [-0.1, -0.05) is 104 Å². The van der Waals surface area contributed by atoms with Gasteiger partial charge >= 0.3 is 11.9 Å². The number of hydrogen-bond acceptors (Lipinski definition) is 3. The van der Waals surface area contributed by atoms with E-state index in [0.717, 1.165) is 0 Å². The van der Waals surface area contributed by atoms with Crippen molar-refractivity contribution in [1.82, 2.24) is 0 Å². The first-order valence-electron chi connectivity index (χ1n) is 12.0. The molecule has 0 spiro atoms. The average molecular weight is 417 g/mol. The highest BCUT2D eigenvalue weighted by molar-refractivity contribution is 5.75. The van der Waals surface area contributed by atoms with Crippen molar-refractivity contribution >= 4 is 11.9 Å². The first-order valence-corrected chi connectivity index (χ1v) is 12.0. The van der Waals surface area contributed by atoms with Crippen LogP contribution in [0.5, 0.6) is 0 Å². The standard InChI is InChI=1S/C20H42O.C4H6O4/c1-3-5-7-9-11-12-14-16-18-20(19-21)17-15-13-10-8-6-4-2;5-3(6)1-2-4(7)8/h20-21H,3-19H2,1-2H3;1-2H2,(H,5,6)(H,7,8). The van der Waals surface area contributed by atoms with Gasteiger partial charge in [0.2, 0.25) is 0 Å². The van der Waals surface area contributed by atoms with E-state index in [0.29, 0.717) is 12.5 Å². The van der Waals surface area contributed by atoms with Crippen molar-refractivity contribution in [2.45, 2.75) is 129 Å². The van der Waals surface area contributed by atoms with Gasteiger partial charge in [0.25, 0.3) is 0 Å². The molecule has 174 valence electrons. The molecule has 0 aliphatic carbocycles. The van der Waals surface area contributed by atoms with E-state index in [1.807, 2.05) is 0 Å². The van der Waals surface area contributed by atoms with Crippen LogP contribution in [0.15, 0.2) is 0 Å². The summed E-state index contributed by atoms with van der Waals surface area (Å²) >= 11 is 0. The number of carboxylic acids is 2. The van der Waals surface area contributed by atoms with Gasteiger partial charge in [-0.05, 0) is 18.8 Å². The number of unbranched alkanes of at least 4 members (excludes halogenated alkanes) is 12. The summed E-state index contributed by atoms with van der Waals surface area (Å²) < 4.78 is 0. The van der Waals surface area contributed by atoms with Crippen LogP contribution in [0, 0.1) is 5.92 Å². The summed E-state index contributed by atoms with van der Waals surface area (Å²) in [6.07, 6.45) is 21.2. The summed E-state index contributed by atoms with van der Waals surface area (Å²) in [6, 6.07) is 0. The predicted octanol–water partition coefficient (Wildman–Crippen LogP) is 6.81. The first-order chi connectivity index (χ1) is 14.0. The van der Waals surface area contributed by atoms with E-state index >= 15 is 0 Å². The van der Waals surface area contributed by atoms with Crippen molar-refractivity contribution in [3.05, 3.63) is 0 Å². The zero-order valence-corrected chi connectivity index (χ0v) is 19.2. The second-order valence-corrected chi connectivity index (χ2v) is 8.16. The number of carboxylic acid groups (broad SMARTS) is 2. The predicted molar refractivity (Wildman–Crippen MR) is 120 cm³/mol. The third kappa shape index (κ3) is 29.2. The van der Waals surface area contributed by atoms with Gasteiger partial charge in [0.05, 0.1) is 12.8 Å². The zero-order valence-electron chi connectivity index (χ0n) is 19.2. The van der Waals surface area contributed by atoms with Gasteiger partial charge < -0.3 is 15.3 Å². The molecule has 0 rings (SSSR count). The van der Waals surface area contributed by atoms with Crippen LogP contribution in [-0.2, 0) is 9.59 Å². The van der Waals surface area contributed by atoms with Gasteiger partial charge in [-0.3, -0.25) is 9.59 Å². The molecular formula is C24H48O5. The Morgan fingerprint density at radius 3 is 1.17 bits per heavy atom. The van der Waals surface area contributed by atoms with Crippen LogP contribution in [0.3, 0.4) is 0 Å². The number of rotatable bonds is 20. The number of carbonyl (C=O) groups is 2. The lowest BCUT2D eigenvalue weighted by Crippen LogP contribution is -2.06. The maximum Gasteiger partial charge on any atom is 0.303 e. The largest absolute Gasteiger partial charge is 0.481 e. The highest BCUT2D eigenvalue weighted by Gasteiger charge is 2.06. The van der Waals surface area contributed by atoms with Crippen LogP contribution < -0.4 is 0 Å². The lowest BCUT2D eigenvalue weighted by atomic mass is 9.95. The molecule has 0 fully saturated rings. The second kappa shape index (κ2) is 24.9. The molecule has 0 heterocycles. The quantitative estimate of drug-likeness (QED) is 0.189. The topological polar surface area (TPSA) is 94.8 Å². The summed E-state index contributed by atoms with van der Waals surface area (Å²) in [5.74, 6) is -1.57. The smallest absolute Gasteiger partial charge is 0.303 e. The van der Waals surface area contributed by atoms with E-state index in [4.69, 9.17) is 10.2 Å². The SMILES string of the molecule is CCCCCCCCCCC(CO)CCCCCCCC.O=C(O)CCC(=O)O. The summed E-state index contributed by atoms with van der Waals surface area (Å²) in [6.45, 7) is 4.95. The molecule has 29 heavy (non-hydrogen) atoms. The van der Waals surface area contributed by atoms with Crippen molar-refractivity contribution in [1.29, 1.82) is 0 Å². The molecule has 1 atom stereocenters. The normalized spacial score (nSPS) is 11.6. The molecule has 5 heteroatoms. The van der Waals surface area contributed by atoms with E-state index in [-0.39, 0.29) is 12.8 Å². The van der Waals surface area contributed by atoms with E-state index in [2.05, 4.69) is 13.8 Å². The summed E-state index contributed by atoms with van der Waals surface area (Å²) in [7, 11) is 0. The Morgan fingerprint density at radius 1 is 0.586 bits per heavy atom. The molecule has 0 saturated carbocycles. The number of aliphatic carboxylic acids is 2. The van der Waals surface area contributed by atoms with Gasteiger partial charge in [-0.2, -0.15) is 0 Å². The minimum Gasteiger partial charge on any atom is -0.481 e. The Kier molecular flexibility index (Phi) is 25.9. The summed E-state index contributed by atoms with van der Waals surface area (Å²) in [4.78, 5) is 19.3. The summed E-state index contributed by atoms with van der Waals surface area (Å²) in [5.41, 5.74) is 0. The van der Waals surface area contributed by atoms with Gasteiger partial charge in [0.1, 0.15) is 0 Å². The Hall–Kier alpha value is -1.10. The number of hydrogen-bond donors (Lipinski definition) is 3. The van der Waals surface area contributed by atoms with Gasteiger partial charge in [0.15, 0.2) is 0 Å². The van der Waals surface area contributed by atoms with Crippen molar-refractivity contribution in [2.24, 2.45) is 5.92 Å². The van der Waals surface area contributed by atoms with Crippen molar-refractivity contribution in [2.75, 3.05) is 6.61 Å². The van der Waals surface area contributed by atoms with Crippen LogP contribution in [0.4, 0.5) is 0 Å². The molecule has 0 aromatic heterocycles. The first kappa shape index (κ1) is 30.1. The Balaban J connectivity index is 0. The Labute approximate surface area is 179 Å². The maximum absolute atomic E-state index is 9.64. The summed E-state index contributed by atoms with van der Waals surface area (Å²) in [5, 5.41) is 25.3. The second-order valence-electron chi connectivity index (χ2n) is 8.16. The van der Waals surface area contributed by atoms with E-state index in [1.54, 1.807) is 0 Å². The van der Waals surface area contributed by atoms with Crippen molar-refractivity contribution in [3.63, 3.8) is 0 Å². The van der Waals surface area contributed by atoms with Crippen LogP contribution in [0.25, 0.3) is 0 Å². The average Bonchev–Trinajstić information content (AvgIpc) is 2.69. The number of aliphatic hydroxyl groups is 1. The molecule has 0 aromatic rings. The van der Waals surface area contributed by atoms with Gasteiger partial charge in [-0.25, -0.2) is 0 Å². The Bertz CT molecular complexity index is 343. The Morgan fingerprint density at radius 2 is 0.897 bits per heavy atom. The molecule has 0 aliphatic rings. The molecule has 0 aromatic carbocycles. The maximum atomic E-state index is 9.64. The molecule has 0 radical (unpaired) electrons. The fraction of sp³-hybridized carbons (Fsp3) is 0.917. The molecular weight excluding hydrogens is 368 g/mol. The molecule has 0 saturated heterocycles. The van der Waals surface area contributed by atoms with Crippen LogP contribution in [-0.4, -0.2) is 33.9 Å². The number of aliphatic hydroxyl groups excluding tert-OH is 1.